The molecule has 0 N–H and O–H groups in total. The van der Waals surface area contributed by atoms with Gasteiger partial charge in [-0.2, -0.15) is 5.10 Å². The van der Waals surface area contributed by atoms with Crippen LogP contribution < -0.4 is 0 Å². The van der Waals surface area contributed by atoms with Gasteiger partial charge in [0.2, 0.25) is 0 Å². The first-order valence-electron chi connectivity index (χ1n) is 11.0. The lowest BCUT2D eigenvalue weighted by atomic mass is 10.0. The first-order chi connectivity index (χ1) is 15.7. The number of hydrogen-bond donors (Lipinski definition) is 0. The van der Waals surface area contributed by atoms with Crippen LogP contribution in [0.15, 0.2) is 78.2 Å². The summed E-state index contributed by atoms with van der Waals surface area (Å²) < 4.78 is 4.53. The van der Waals surface area contributed by atoms with E-state index in [1.165, 1.54) is 59.4 Å². The van der Waals surface area contributed by atoms with Crippen molar-refractivity contribution in [3.8, 4) is 10.4 Å². The first kappa shape index (κ1) is 18.0. The summed E-state index contributed by atoms with van der Waals surface area (Å²) in [5.41, 5.74) is 7.28. The van der Waals surface area contributed by atoms with E-state index in [-0.39, 0.29) is 0 Å². The van der Waals surface area contributed by atoms with Gasteiger partial charge in [0.25, 0.3) is 0 Å². The van der Waals surface area contributed by atoms with Crippen molar-refractivity contribution in [3.05, 3.63) is 83.9 Å². The number of aromatic nitrogens is 3. The third-order valence-corrected chi connectivity index (χ3v) is 7.67. The Labute approximate surface area is 189 Å². The molecule has 0 aliphatic rings. The zero-order valence-electron chi connectivity index (χ0n) is 18.0. The van der Waals surface area contributed by atoms with E-state index >= 15 is 0 Å². The maximum atomic E-state index is 4.82. The Bertz CT molecular complexity index is 1830. The summed E-state index contributed by atoms with van der Waals surface area (Å²) >= 11 is 1.81. The predicted molar refractivity (Wildman–Crippen MR) is 137 cm³/mol. The Kier molecular flexibility index (Phi) is 3.62. The molecule has 0 atom stereocenters. The smallest absolute Gasteiger partial charge is 0.0845 e. The monoisotopic (exact) mass is 431 g/mol. The van der Waals surface area contributed by atoms with E-state index in [0.29, 0.717) is 0 Å². The van der Waals surface area contributed by atoms with E-state index in [1.54, 1.807) is 0 Å². The lowest BCUT2D eigenvalue weighted by Gasteiger charge is -2.08. The van der Waals surface area contributed by atoms with Crippen molar-refractivity contribution in [2.45, 2.75) is 20.4 Å². The Balaban J connectivity index is 1.60. The number of nitrogens with zero attached hydrogens (tertiary/aromatic N) is 3. The second-order valence-corrected chi connectivity index (χ2v) is 9.33. The van der Waals surface area contributed by atoms with Gasteiger partial charge in [-0.25, -0.2) is 4.52 Å². The van der Waals surface area contributed by atoms with Gasteiger partial charge in [-0.1, -0.05) is 48.5 Å². The van der Waals surface area contributed by atoms with Crippen LogP contribution >= 0.6 is 11.3 Å². The topological polar surface area (TPSA) is 22.2 Å². The van der Waals surface area contributed by atoms with Crippen LogP contribution in [0.1, 0.15) is 12.6 Å². The molecule has 0 saturated carbocycles. The molecule has 0 bridgehead atoms. The zero-order valence-corrected chi connectivity index (χ0v) is 18.8. The summed E-state index contributed by atoms with van der Waals surface area (Å²) in [4.78, 5) is 1.31. The number of fused-ring (bicyclic) bond motifs is 9. The molecule has 3 aromatic carbocycles. The molecule has 32 heavy (non-hydrogen) atoms. The van der Waals surface area contributed by atoms with Crippen LogP contribution in [0.25, 0.3) is 59.4 Å². The lowest BCUT2D eigenvalue weighted by molar-refractivity contribution is 0.827. The highest BCUT2D eigenvalue weighted by atomic mass is 32.1. The fraction of sp³-hybridized carbons (Fsp3) is 0.107. The molecule has 7 aromatic rings. The largest absolute Gasteiger partial charge is 0.341 e. The quantitative estimate of drug-likeness (QED) is 0.274. The van der Waals surface area contributed by atoms with E-state index in [0.717, 1.165) is 12.2 Å². The van der Waals surface area contributed by atoms with Crippen LogP contribution in [-0.2, 0) is 6.54 Å². The van der Waals surface area contributed by atoms with Gasteiger partial charge in [0, 0.05) is 49.4 Å². The summed E-state index contributed by atoms with van der Waals surface area (Å²) in [6, 6.07) is 26.6. The van der Waals surface area contributed by atoms with Crippen molar-refractivity contribution in [3.63, 3.8) is 0 Å². The van der Waals surface area contributed by atoms with Gasteiger partial charge in [-0.3, -0.25) is 0 Å². The van der Waals surface area contributed by atoms with E-state index in [9.17, 15) is 0 Å². The fourth-order valence-electron chi connectivity index (χ4n) is 5.31. The molecule has 3 nitrogen and oxygen atoms in total. The highest BCUT2D eigenvalue weighted by Gasteiger charge is 2.17. The minimum Gasteiger partial charge on any atom is -0.341 e. The van der Waals surface area contributed by atoms with Crippen LogP contribution in [0.3, 0.4) is 0 Å². The second kappa shape index (κ2) is 6.44. The number of benzene rings is 3. The van der Waals surface area contributed by atoms with E-state index in [4.69, 9.17) is 5.10 Å². The normalized spacial score (nSPS) is 12.2. The molecule has 154 valence electrons. The van der Waals surface area contributed by atoms with Crippen molar-refractivity contribution in [1.29, 1.82) is 0 Å². The number of aryl methyl sites for hydroxylation is 2. The van der Waals surface area contributed by atoms with Crippen LogP contribution in [0.2, 0.25) is 0 Å². The SMILES string of the molecule is CCn1c2ccccc2c2cc(-c3scc4c3c3ccccc3c3cc(C)nn34)ccc21. The summed E-state index contributed by atoms with van der Waals surface area (Å²) in [5, 5.41) is 13.6. The van der Waals surface area contributed by atoms with Crippen LogP contribution in [-0.4, -0.2) is 14.2 Å². The molecule has 0 fully saturated rings. The van der Waals surface area contributed by atoms with Crippen LogP contribution in [0, 0.1) is 6.92 Å². The molecule has 7 rings (SSSR count). The van der Waals surface area contributed by atoms with Crippen molar-refractivity contribution in [2.24, 2.45) is 0 Å². The average molecular weight is 432 g/mol. The summed E-state index contributed by atoms with van der Waals surface area (Å²) in [6.07, 6.45) is 0. The Morgan fingerprint density at radius 1 is 0.750 bits per heavy atom. The van der Waals surface area contributed by atoms with Gasteiger partial charge in [0.1, 0.15) is 0 Å². The molecule has 0 aliphatic carbocycles. The number of para-hydroxylation sites is 1. The van der Waals surface area contributed by atoms with Crippen molar-refractivity contribution in [2.75, 3.05) is 0 Å². The molecule has 0 saturated heterocycles. The van der Waals surface area contributed by atoms with E-state index in [2.05, 4.69) is 101 Å². The second-order valence-electron chi connectivity index (χ2n) is 8.45. The number of hydrogen-bond acceptors (Lipinski definition) is 2. The third-order valence-electron chi connectivity index (χ3n) is 6.65. The third kappa shape index (κ3) is 2.28. The van der Waals surface area contributed by atoms with Crippen LogP contribution in [0.4, 0.5) is 0 Å². The van der Waals surface area contributed by atoms with E-state index in [1.807, 2.05) is 11.3 Å². The van der Waals surface area contributed by atoms with Crippen molar-refractivity contribution in [1.82, 2.24) is 14.2 Å². The maximum Gasteiger partial charge on any atom is 0.0845 e. The van der Waals surface area contributed by atoms with Crippen LogP contribution in [0.5, 0.6) is 0 Å². The Morgan fingerprint density at radius 3 is 2.28 bits per heavy atom. The van der Waals surface area contributed by atoms with Crippen molar-refractivity contribution >= 4 is 60.3 Å². The van der Waals surface area contributed by atoms with Gasteiger partial charge < -0.3 is 4.57 Å². The first-order valence-corrected chi connectivity index (χ1v) is 11.9. The minimum absolute atomic E-state index is 0.965. The summed E-state index contributed by atoms with van der Waals surface area (Å²) in [7, 11) is 0. The number of thiophene rings is 1. The molecule has 0 amide bonds. The van der Waals surface area contributed by atoms with Gasteiger partial charge in [0.05, 0.1) is 16.7 Å². The maximum absolute atomic E-state index is 4.82. The summed E-state index contributed by atoms with van der Waals surface area (Å²) in [5.74, 6) is 0. The molecule has 0 unspecified atom stereocenters. The lowest BCUT2D eigenvalue weighted by Crippen LogP contribution is -1.92. The number of rotatable bonds is 2. The molecule has 4 heterocycles. The number of pyridine rings is 1. The molecule has 0 aliphatic heterocycles. The molecule has 4 heteroatoms. The molecule has 0 spiro atoms. The van der Waals surface area contributed by atoms with Gasteiger partial charge in [0.15, 0.2) is 0 Å². The van der Waals surface area contributed by atoms with Gasteiger partial charge in [-0.15, -0.1) is 11.3 Å². The highest BCUT2D eigenvalue weighted by molar-refractivity contribution is 7.15. The van der Waals surface area contributed by atoms with Gasteiger partial charge >= 0.3 is 0 Å². The average Bonchev–Trinajstić information content (AvgIpc) is 3.52. The zero-order chi connectivity index (χ0) is 21.4. The Hall–Kier alpha value is -3.63. The fourth-order valence-corrected chi connectivity index (χ4v) is 6.36. The van der Waals surface area contributed by atoms with Gasteiger partial charge in [-0.05, 0) is 49.1 Å². The standard InChI is InChI=1S/C28H21N3S/c1-3-30-23-11-7-6-9-20(23)22-15-18(12-13-24(22)30)28-27-21-10-5-4-8-19(21)25-14-17(2)29-31(25)26(27)16-32-28/h4-16H,3H2,1-2H3. The molecule has 4 aromatic heterocycles. The highest BCUT2D eigenvalue weighted by Crippen LogP contribution is 2.42. The Morgan fingerprint density at radius 2 is 1.47 bits per heavy atom. The van der Waals surface area contributed by atoms with E-state index < -0.39 is 0 Å². The predicted octanol–water partition coefficient (Wildman–Crippen LogP) is 7.81. The van der Waals surface area contributed by atoms with Crippen molar-refractivity contribution < 1.29 is 0 Å². The molecular formula is C28H21N3S. The summed E-state index contributed by atoms with van der Waals surface area (Å²) in [6.45, 7) is 5.25. The molecular weight excluding hydrogens is 410 g/mol. The minimum atomic E-state index is 0.965. The molecule has 0 radical (unpaired) electrons.